The fourth-order valence-corrected chi connectivity index (χ4v) is 3.21. The molecule has 4 rings (SSSR count). The molecule has 0 aliphatic rings. The standard InChI is InChI=1S/C18H12OS/c1-2-7-13(8-3-1)17-14-9-4-5-10-15(14)18(19-17)16-11-6-12-20-16/h1-12H. The van der Waals surface area contributed by atoms with Gasteiger partial charge in [-0.15, -0.1) is 11.3 Å². The van der Waals surface area contributed by atoms with Crippen molar-refractivity contribution in [3.05, 3.63) is 72.1 Å². The van der Waals surface area contributed by atoms with Crippen LogP contribution in [-0.2, 0) is 0 Å². The zero-order valence-electron chi connectivity index (χ0n) is 10.7. The van der Waals surface area contributed by atoms with Crippen molar-refractivity contribution >= 4 is 22.1 Å². The molecule has 0 saturated carbocycles. The average molecular weight is 276 g/mol. The monoisotopic (exact) mass is 276 g/mol. The van der Waals surface area contributed by atoms with Crippen molar-refractivity contribution in [1.29, 1.82) is 0 Å². The van der Waals surface area contributed by atoms with Gasteiger partial charge in [-0.25, -0.2) is 0 Å². The highest BCUT2D eigenvalue weighted by Gasteiger charge is 2.15. The molecule has 0 N–H and O–H groups in total. The van der Waals surface area contributed by atoms with Crippen molar-refractivity contribution in [2.24, 2.45) is 0 Å². The number of furan rings is 1. The molecule has 0 bridgehead atoms. The molecule has 4 aromatic rings. The number of benzene rings is 2. The first-order valence-electron chi connectivity index (χ1n) is 6.54. The Bertz CT molecular complexity index is 842. The van der Waals surface area contributed by atoms with Gasteiger partial charge in [0.25, 0.3) is 0 Å². The van der Waals surface area contributed by atoms with E-state index in [1.807, 2.05) is 18.2 Å². The van der Waals surface area contributed by atoms with E-state index in [2.05, 4.69) is 53.9 Å². The molecule has 0 amide bonds. The molecule has 2 heteroatoms. The van der Waals surface area contributed by atoms with E-state index >= 15 is 0 Å². The molecule has 96 valence electrons. The van der Waals surface area contributed by atoms with E-state index in [4.69, 9.17) is 4.42 Å². The topological polar surface area (TPSA) is 13.1 Å². The fraction of sp³-hybridized carbons (Fsp3) is 0. The summed E-state index contributed by atoms with van der Waals surface area (Å²) in [5.74, 6) is 1.92. The number of rotatable bonds is 2. The van der Waals surface area contributed by atoms with Crippen LogP contribution in [0, 0.1) is 0 Å². The maximum absolute atomic E-state index is 6.21. The lowest BCUT2D eigenvalue weighted by molar-refractivity contribution is 0.603. The van der Waals surface area contributed by atoms with Crippen LogP contribution in [0.25, 0.3) is 32.7 Å². The minimum absolute atomic E-state index is 0.949. The lowest BCUT2D eigenvalue weighted by atomic mass is 10.1. The zero-order valence-corrected chi connectivity index (χ0v) is 11.6. The molecule has 20 heavy (non-hydrogen) atoms. The summed E-state index contributed by atoms with van der Waals surface area (Å²) in [4.78, 5) is 1.17. The van der Waals surface area contributed by atoms with E-state index in [-0.39, 0.29) is 0 Å². The summed E-state index contributed by atoms with van der Waals surface area (Å²) in [5.41, 5.74) is 1.12. The van der Waals surface area contributed by atoms with Crippen LogP contribution >= 0.6 is 11.3 Å². The number of hydrogen-bond acceptors (Lipinski definition) is 2. The summed E-state index contributed by atoms with van der Waals surface area (Å²) in [6, 6.07) is 22.8. The Morgan fingerprint density at radius 3 is 2.05 bits per heavy atom. The molecule has 0 aliphatic carbocycles. The van der Waals surface area contributed by atoms with Gasteiger partial charge in [-0.2, -0.15) is 0 Å². The maximum Gasteiger partial charge on any atom is 0.152 e. The van der Waals surface area contributed by atoms with Gasteiger partial charge in [-0.3, -0.25) is 0 Å². The molecule has 0 atom stereocenters. The van der Waals surface area contributed by atoms with E-state index < -0.39 is 0 Å². The molecular weight excluding hydrogens is 264 g/mol. The Labute approximate surface area is 121 Å². The number of hydrogen-bond donors (Lipinski definition) is 0. The molecular formula is C18H12OS. The summed E-state index contributed by atoms with van der Waals surface area (Å²) in [6.07, 6.45) is 0. The Hall–Kier alpha value is -2.32. The van der Waals surface area contributed by atoms with Crippen molar-refractivity contribution in [2.75, 3.05) is 0 Å². The van der Waals surface area contributed by atoms with Crippen LogP contribution in [0.4, 0.5) is 0 Å². The third-order valence-corrected chi connectivity index (χ3v) is 4.27. The molecule has 0 saturated heterocycles. The quantitative estimate of drug-likeness (QED) is 0.449. The van der Waals surface area contributed by atoms with Crippen molar-refractivity contribution in [2.45, 2.75) is 0 Å². The number of fused-ring (bicyclic) bond motifs is 1. The van der Waals surface area contributed by atoms with Crippen LogP contribution in [0.15, 0.2) is 76.5 Å². The molecule has 0 unspecified atom stereocenters. The van der Waals surface area contributed by atoms with E-state index in [0.29, 0.717) is 0 Å². The smallest absolute Gasteiger partial charge is 0.152 e. The highest BCUT2D eigenvalue weighted by Crippen LogP contribution is 2.40. The first kappa shape index (κ1) is 11.5. The van der Waals surface area contributed by atoms with Crippen LogP contribution in [0.5, 0.6) is 0 Å². The summed E-state index contributed by atoms with van der Waals surface area (Å²) in [7, 11) is 0. The van der Waals surface area contributed by atoms with E-state index in [1.165, 1.54) is 15.6 Å². The largest absolute Gasteiger partial charge is 0.454 e. The predicted octanol–water partition coefficient (Wildman–Crippen LogP) is 5.83. The van der Waals surface area contributed by atoms with Gasteiger partial charge >= 0.3 is 0 Å². The van der Waals surface area contributed by atoms with E-state index in [1.54, 1.807) is 11.3 Å². The SMILES string of the molecule is c1ccc(-c2oc(-c3cccs3)c3ccccc23)cc1. The molecule has 0 aliphatic heterocycles. The average Bonchev–Trinajstić information content (AvgIpc) is 3.15. The van der Waals surface area contributed by atoms with Crippen LogP contribution < -0.4 is 0 Å². The number of thiophene rings is 1. The third-order valence-electron chi connectivity index (χ3n) is 3.40. The van der Waals surface area contributed by atoms with E-state index in [0.717, 1.165) is 17.1 Å². The van der Waals surface area contributed by atoms with Gasteiger partial charge in [0.15, 0.2) is 5.76 Å². The van der Waals surface area contributed by atoms with Crippen molar-refractivity contribution in [3.8, 4) is 22.0 Å². The van der Waals surface area contributed by atoms with Crippen LogP contribution in [-0.4, -0.2) is 0 Å². The third kappa shape index (κ3) is 1.77. The van der Waals surface area contributed by atoms with Gasteiger partial charge in [0.05, 0.1) is 4.88 Å². The lowest BCUT2D eigenvalue weighted by Gasteiger charge is -1.96. The zero-order chi connectivity index (χ0) is 13.4. The molecule has 2 aromatic heterocycles. The Morgan fingerprint density at radius 2 is 1.35 bits per heavy atom. The molecule has 2 aromatic carbocycles. The fourth-order valence-electron chi connectivity index (χ4n) is 2.49. The summed E-state index contributed by atoms with van der Waals surface area (Å²) in [6.45, 7) is 0. The van der Waals surface area contributed by atoms with Gasteiger partial charge in [-0.1, -0.05) is 60.7 Å². The van der Waals surface area contributed by atoms with Gasteiger partial charge in [0.1, 0.15) is 5.76 Å². The van der Waals surface area contributed by atoms with Crippen molar-refractivity contribution < 1.29 is 4.42 Å². The molecule has 0 spiro atoms. The molecule has 1 nitrogen and oxygen atoms in total. The van der Waals surface area contributed by atoms with Gasteiger partial charge in [0.2, 0.25) is 0 Å². The van der Waals surface area contributed by atoms with E-state index in [9.17, 15) is 0 Å². The summed E-state index contributed by atoms with van der Waals surface area (Å²) < 4.78 is 6.21. The first-order valence-corrected chi connectivity index (χ1v) is 7.42. The normalized spacial score (nSPS) is 11.0. The first-order chi connectivity index (χ1) is 9.93. The minimum Gasteiger partial charge on any atom is -0.454 e. The van der Waals surface area contributed by atoms with Crippen molar-refractivity contribution in [1.82, 2.24) is 0 Å². The molecule has 0 radical (unpaired) electrons. The maximum atomic E-state index is 6.21. The Kier molecular flexibility index (Phi) is 2.68. The van der Waals surface area contributed by atoms with Crippen molar-refractivity contribution in [3.63, 3.8) is 0 Å². The Morgan fingerprint density at radius 1 is 0.650 bits per heavy atom. The second-order valence-electron chi connectivity index (χ2n) is 4.65. The predicted molar refractivity (Wildman–Crippen MR) is 85.0 cm³/mol. The Balaban J connectivity index is 2.04. The second-order valence-corrected chi connectivity index (χ2v) is 5.60. The highest BCUT2D eigenvalue weighted by molar-refractivity contribution is 7.13. The molecule has 2 heterocycles. The van der Waals surface area contributed by atoms with Gasteiger partial charge < -0.3 is 4.42 Å². The summed E-state index contributed by atoms with van der Waals surface area (Å²) in [5, 5.41) is 4.42. The molecule has 0 fully saturated rings. The summed E-state index contributed by atoms with van der Waals surface area (Å²) >= 11 is 1.71. The van der Waals surface area contributed by atoms with Crippen LogP contribution in [0.3, 0.4) is 0 Å². The minimum atomic E-state index is 0.949. The van der Waals surface area contributed by atoms with Crippen LogP contribution in [0.1, 0.15) is 0 Å². The van der Waals surface area contributed by atoms with Crippen LogP contribution in [0.2, 0.25) is 0 Å². The second kappa shape index (κ2) is 4.66. The van der Waals surface area contributed by atoms with Gasteiger partial charge in [0, 0.05) is 16.3 Å². The lowest BCUT2D eigenvalue weighted by Crippen LogP contribution is -1.73. The highest BCUT2D eigenvalue weighted by atomic mass is 32.1. The van der Waals surface area contributed by atoms with Gasteiger partial charge in [-0.05, 0) is 11.4 Å².